The molecule has 3 N–H and O–H groups in total. The molecule has 0 unspecified atom stereocenters. The summed E-state index contributed by atoms with van der Waals surface area (Å²) in [5.74, 6) is 1.31. The van der Waals surface area contributed by atoms with Gasteiger partial charge in [-0.1, -0.05) is 23.7 Å². The zero-order valence-electron chi connectivity index (χ0n) is 18.7. The number of amides is 1. The Morgan fingerprint density at radius 2 is 2.09 bits per heavy atom. The number of nitrogens with zero attached hydrogens (tertiary/aromatic N) is 4. The molecule has 1 amide bonds. The summed E-state index contributed by atoms with van der Waals surface area (Å²) >= 11 is 6.42. The number of carbonyl (C=O) groups excluding carboxylic acids is 1. The highest BCUT2D eigenvalue weighted by atomic mass is 35.5. The Balaban J connectivity index is 1.44. The second-order valence-corrected chi connectivity index (χ2v) is 8.13. The summed E-state index contributed by atoms with van der Waals surface area (Å²) in [4.78, 5) is 22.6. The lowest BCUT2D eigenvalue weighted by Gasteiger charge is -2.10. The van der Waals surface area contributed by atoms with E-state index in [-0.39, 0.29) is 5.91 Å². The number of H-pyrrole nitrogens is 1. The van der Waals surface area contributed by atoms with E-state index in [9.17, 15) is 4.79 Å². The molecular formula is C24H24ClN7O2. The number of carbonyl (C=O) groups is 1. The number of halogens is 1. The Hall–Kier alpha value is -3.95. The summed E-state index contributed by atoms with van der Waals surface area (Å²) in [7, 11) is 3.86. The van der Waals surface area contributed by atoms with Gasteiger partial charge in [-0.2, -0.15) is 5.10 Å². The van der Waals surface area contributed by atoms with Gasteiger partial charge >= 0.3 is 0 Å². The number of likely N-dealkylation sites (N-methyl/N-ethyl adjacent to an activating group) is 1. The molecule has 0 spiro atoms. The van der Waals surface area contributed by atoms with Gasteiger partial charge in [-0.05, 0) is 50.5 Å². The maximum absolute atomic E-state index is 12.1. The SMILES string of the molecule is CN(C)C/C=C/C(=O)Nc1cc2c(Nc3ccc(OCc4ccccn4)c(Cl)c3)n[nH]c2cn1. The van der Waals surface area contributed by atoms with Crippen molar-refractivity contribution in [3.8, 4) is 5.75 Å². The van der Waals surface area contributed by atoms with Crippen LogP contribution in [-0.2, 0) is 11.4 Å². The van der Waals surface area contributed by atoms with E-state index >= 15 is 0 Å². The average Bonchev–Trinajstić information content (AvgIpc) is 3.21. The lowest BCUT2D eigenvalue weighted by Crippen LogP contribution is -2.13. The fraction of sp³-hybridized carbons (Fsp3) is 0.167. The monoisotopic (exact) mass is 477 g/mol. The van der Waals surface area contributed by atoms with E-state index in [0.29, 0.717) is 35.6 Å². The van der Waals surface area contributed by atoms with E-state index in [1.54, 1.807) is 36.7 Å². The zero-order valence-corrected chi connectivity index (χ0v) is 19.5. The van der Waals surface area contributed by atoms with Crippen LogP contribution in [-0.4, -0.2) is 51.6 Å². The summed E-state index contributed by atoms with van der Waals surface area (Å²) in [5.41, 5.74) is 2.27. The van der Waals surface area contributed by atoms with Crippen LogP contribution in [0, 0.1) is 0 Å². The fourth-order valence-corrected chi connectivity index (χ4v) is 3.32. The molecule has 3 aromatic heterocycles. The van der Waals surface area contributed by atoms with Gasteiger partial charge in [0.25, 0.3) is 0 Å². The Bertz CT molecular complexity index is 1310. The topological polar surface area (TPSA) is 108 Å². The van der Waals surface area contributed by atoms with Gasteiger partial charge in [-0.15, -0.1) is 0 Å². The molecule has 0 aliphatic rings. The molecule has 0 saturated carbocycles. The number of ether oxygens (including phenoxy) is 1. The largest absolute Gasteiger partial charge is 0.486 e. The number of fused-ring (bicyclic) bond motifs is 1. The van der Waals surface area contributed by atoms with Crippen LogP contribution in [0.15, 0.2) is 67.0 Å². The minimum atomic E-state index is -0.250. The number of benzene rings is 1. The van der Waals surface area contributed by atoms with Crippen molar-refractivity contribution in [3.63, 3.8) is 0 Å². The number of aromatic amines is 1. The lowest BCUT2D eigenvalue weighted by molar-refractivity contribution is -0.111. The molecule has 0 bridgehead atoms. The highest BCUT2D eigenvalue weighted by molar-refractivity contribution is 6.32. The Morgan fingerprint density at radius 1 is 1.21 bits per heavy atom. The molecule has 174 valence electrons. The normalized spacial score (nSPS) is 11.3. The third kappa shape index (κ3) is 6.09. The molecule has 9 nitrogen and oxygen atoms in total. The van der Waals surface area contributed by atoms with Crippen molar-refractivity contribution in [3.05, 3.63) is 77.7 Å². The van der Waals surface area contributed by atoms with Gasteiger partial charge < -0.3 is 20.3 Å². The van der Waals surface area contributed by atoms with Gasteiger partial charge in [0, 0.05) is 29.9 Å². The number of hydrogen-bond acceptors (Lipinski definition) is 7. The summed E-state index contributed by atoms with van der Waals surface area (Å²) < 4.78 is 5.78. The maximum Gasteiger partial charge on any atom is 0.249 e. The first-order chi connectivity index (χ1) is 16.5. The van der Waals surface area contributed by atoms with Crippen molar-refractivity contribution in [2.24, 2.45) is 0 Å². The van der Waals surface area contributed by atoms with Crippen molar-refractivity contribution in [1.29, 1.82) is 0 Å². The standard InChI is InChI=1S/C24H24ClN7O2/c1-32(2)11-5-7-23(33)29-22-13-18-20(14-27-22)30-31-24(18)28-16-8-9-21(19(25)12-16)34-15-17-6-3-4-10-26-17/h3-10,12-14H,11,15H2,1-2H3,(H,27,29,33)(H2,28,30,31)/b7-5+. The van der Waals surface area contributed by atoms with E-state index in [2.05, 4.69) is 30.8 Å². The molecule has 0 aliphatic heterocycles. The quantitative estimate of drug-likeness (QED) is 0.307. The molecule has 0 saturated heterocycles. The van der Waals surface area contributed by atoms with Crippen molar-refractivity contribution >= 4 is 45.7 Å². The Labute approximate surface area is 201 Å². The summed E-state index contributed by atoms with van der Waals surface area (Å²) in [5, 5.41) is 14.5. The highest BCUT2D eigenvalue weighted by Crippen LogP contribution is 2.31. The van der Waals surface area contributed by atoms with Crippen LogP contribution in [0.4, 0.5) is 17.3 Å². The van der Waals surface area contributed by atoms with Crippen LogP contribution in [0.25, 0.3) is 10.9 Å². The Morgan fingerprint density at radius 3 is 2.85 bits per heavy atom. The lowest BCUT2D eigenvalue weighted by atomic mass is 10.2. The smallest absolute Gasteiger partial charge is 0.249 e. The van der Waals surface area contributed by atoms with Gasteiger partial charge in [0.2, 0.25) is 5.91 Å². The molecule has 3 heterocycles. The molecule has 0 fully saturated rings. The van der Waals surface area contributed by atoms with Crippen LogP contribution >= 0.6 is 11.6 Å². The van der Waals surface area contributed by atoms with Gasteiger partial charge in [-0.25, -0.2) is 4.98 Å². The van der Waals surface area contributed by atoms with Crippen molar-refractivity contribution in [1.82, 2.24) is 25.1 Å². The Kier molecular flexibility index (Phi) is 7.36. The van der Waals surface area contributed by atoms with E-state index < -0.39 is 0 Å². The third-order valence-electron chi connectivity index (χ3n) is 4.73. The molecule has 4 rings (SSSR count). The number of anilines is 3. The number of hydrogen-bond donors (Lipinski definition) is 3. The molecular weight excluding hydrogens is 454 g/mol. The van der Waals surface area contributed by atoms with Crippen molar-refractivity contribution < 1.29 is 9.53 Å². The number of nitrogens with one attached hydrogen (secondary N) is 3. The second-order valence-electron chi connectivity index (χ2n) is 7.72. The van der Waals surface area contributed by atoms with E-state index in [1.165, 1.54) is 6.08 Å². The van der Waals surface area contributed by atoms with Crippen LogP contribution in [0.5, 0.6) is 5.75 Å². The van der Waals surface area contributed by atoms with Crippen LogP contribution in [0.1, 0.15) is 5.69 Å². The van der Waals surface area contributed by atoms with Gasteiger partial charge in [0.05, 0.1) is 22.4 Å². The number of aromatic nitrogens is 4. The maximum atomic E-state index is 12.1. The molecule has 10 heteroatoms. The third-order valence-corrected chi connectivity index (χ3v) is 5.03. The minimum Gasteiger partial charge on any atom is -0.486 e. The minimum absolute atomic E-state index is 0.250. The first-order valence-corrected chi connectivity index (χ1v) is 10.9. The second kappa shape index (κ2) is 10.8. The number of pyridine rings is 2. The van der Waals surface area contributed by atoms with E-state index in [4.69, 9.17) is 16.3 Å². The van der Waals surface area contributed by atoms with Gasteiger partial charge in [0.1, 0.15) is 18.2 Å². The van der Waals surface area contributed by atoms with Crippen LogP contribution < -0.4 is 15.4 Å². The summed E-state index contributed by atoms with van der Waals surface area (Å²) in [6, 6.07) is 12.8. The highest BCUT2D eigenvalue weighted by Gasteiger charge is 2.11. The van der Waals surface area contributed by atoms with Crippen LogP contribution in [0.3, 0.4) is 0 Å². The predicted molar refractivity (Wildman–Crippen MR) is 134 cm³/mol. The van der Waals surface area contributed by atoms with E-state index in [0.717, 1.165) is 22.3 Å². The number of rotatable bonds is 9. The molecule has 0 aliphatic carbocycles. The van der Waals surface area contributed by atoms with Crippen molar-refractivity contribution in [2.45, 2.75) is 6.61 Å². The molecule has 34 heavy (non-hydrogen) atoms. The molecule has 0 radical (unpaired) electrons. The predicted octanol–water partition coefficient (Wildman–Crippen LogP) is 4.39. The molecule has 0 atom stereocenters. The summed E-state index contributed by atoms with van der Waals surface area (Å²) in [6.45, 7) is 0.994. The average molecular weight is 478 g/mol. The van der Waals surface area contributed by atoms with E-state index in [1.807, 2.05) is 43.3 Å². The fourth-order valence-electron chi connectivity index (χ4n) is 3.09. The summed E-state index contributed by atoms with van der Waals surface area (Å²) in [6.07, 6.45) is 6.61. The molecule has 4 aromatic rings. The van der Waals surface area contributed by atoms with Gasteiger partial charge in [0.15, 0.2) is 5.82 Å². The molecule has 1 aromatic carbocycles. The van der Waals surface area contributed by atoms with Gasteiger partial charge in [-0.3, -0.25) is 14.9 Å². The first kappa shape index (κ1) is 23.2. The van der Waals surface area contributed by atoms with Crippen molar-refractivity contribution in [2.75, 3.05) is 31.3 Å². The zero-order chi connectivity index (χ0) is 23.9. The first-order valence-electron chi connectivity index (χ1n) is 10.5. The van der Waals surface area contributed by atoms with Crippen LogP contribution in [0.2, 0.25) is 5.02 Å².